The molecule has 0 spiro atoms. The molecule has 0 saturated carbocycles. The third-order valence-corrected chi connectivity index (χ3v) is 4.51. The summed E-state index contributed by atoms with van der Waals surface area (Å²) in [5.41, 5.74) is 1.52. The van der Waals surface area contributed by atoms with Crippen molar-refractivity contribution in [1.82, 2.24) is 5.32 Å². The number of anilines is 1. The van der Waals surface area contributed by atoms with E-state index in [1.807, 2.05) is 31.2 Å². The van der Waals surface area contributed by atoms with Crippen LogP contribution in [0.4, 0.5) is 5.69 Å². The molecule has 0 saturated heterocycles. The average molecular weight is 296 g/mol. The zero-order valence-corrected chi connectivity index (χ0v) is 13.3. The molecule has 1 aromatic rings. The van der Waals surface area contributed by atoms with Gasteiger partial charge in [0.2, 0.25) is 0 Å². The maximum atomic E-state index is 12.2. The Morgan fingerprint density at radius 3 is 2.65 bits per heavy atom. The Morgan fingerprint density at radius 2 is 2.00 bits per heavy atom. The SMILES string of the molecule is CCCNc1ccccc1C(=O)NCCC(C)S(C)=O. The highest BCUT2D eigenvalue weighted by Crippen LogP contribution is 2.14. The van der Waals surface area contributed by atoms with Crippen molar-refractivity contribution in [3.8, 4) is 0 Å². The second-order valence-corrected chi connectivity index (χ2v) is 6.63. The Bertz CT molecular complexity index is 463. The summed E-state index contributed by atoms with van der Waals surface area (Å²) in [6, 6.07) is 7.50. The first kappa shape index (κ1) is 16.7. The molecule has 0 heterocycles. The number of carbonyl (C=O) groups excluding carboxylic acids is 1. The largest absolute Gasteiger partial charge is 0.384 e. The van der Waals surface area contributed by atoms with Crippen LogP contribution in [0.1, 0.15) is 37.0 Å². The third-order valence-electron chi connectivity index (χ3n) is 3.14. The lowest BCUT2D eigenvalue weighted by atomic mass is 10.1. The van der Waals surface area contributed by atoms with Gasteiger partial charge in [-0.05, 0) is 25.0 Å². The van der Waals surface area contributed by atoms with Crippen molar-refractivity contribution in [2.45, 2.75) is 31.9 Å². The molecule has 0 fully saturated rings. The van der Waals surface area contributed by atoms with Crippen molar-refractivity contribution in [2.75, 3.05) is 24.7 Å². The number of hydrogen-bond donors (Lipinski definition) is 2. The zero-order valence-electron chi connectivity index (χ0n) is 12.4. The lowest BCUT2D eigenvalue weighted by molar-refractivity contribution is 0.0954. The summed E-state index contributed by atoms with van der Waals surface area (Å²) in [4.78, 5) is 12.2. The molecule has 1 amide bonds. The number of para-hydroxylation sites is 1. The van der Waals surface area contributed by atoms with Crippen LogP contribution in [0.15, 0.2) is 24.3 Å². The Kier molecular flexibility index (Phi) is 7.30. The molecule has 0 aliphatic heterocycles. The minimum atomic E-state index is -0.842. The second kappa shape index (κ2) is 8.74. The molecule has 0 aromatic heterocycles. The van der Waals surface area contributed by atoms with Gasteiger partial charge in [0.25, 0.3) is 5.91 Å². The molecule has 1 rings (SSSR count). The van der Waals surface area contributed by atoms with Crippen molar-refractivity contribution >= 4 is 22.4 Å². The second-order valence-electron chi connectivity index (χ2n) is 4.83. The molecule has 20 heavy (non-hydrogen) atoms. The number of carbonyl (C=O) groups is 1. The average Bonchev–Trinajstić information content (AvgIpc) is 2.45. The van der Waals surface area contributed by atoms with Gasteiger partial charge >= 0.3 is 0 Å². The van der Waals surface area contributed by atoms with Gasteiger partial charge in [0, 0.05) is 41.1 Å². The van der Waals surface area contributed by atoms with E-state index in [0.29, 0.717) is 12.1 Å². The van der Waals surface area contributed by atoms with Gasteiger partial charge in [-0.3, -0.25) is 9.00 Å². The number of nitrogens with one attached hydrogen (secondary N) is 2. The van der Waals surface area contributed by atoms with Gasteiger partial charge in [0.15, 0.2) is 0 Å². The minimum absolute atomic E-state index is 0.0849. The fourth-order valence-corrected chi connectivity index (χ4v) is 2.19. The lowest BCUT2D eigenvalue weighted by Gasteiger charge is -2.13. The highest BCUT2D eigenvalue weighted by atomic mass is 32.2. The van der Waals surface area contributed by atoms with Gasteiger partial charge in [-0.1, -0.05) is 26.0 Å². The Labute approximate surface area is 123 Å². The maximum absolute atomic E-state index is 12.2. The van der Waals surface area contributed by atoms with Crippen LogP contribution >= 0.6 is 0 Å². The van der Waals surface area contributed by atoms with Crippen molar-refractivity contribution in [1.29, 1.82) is 0 Å². The van der Waals surface area contributed by atoms with E-state index in [4.69, 9.17) is 0 Å². The van der Waals surface area contributed by atoms with Crippen molar-refractivity contribution in [3.63, 3.8) is 0 Å². The van der Waals surface area contributed by atoms with E-state index in [2.05, 4.69) is 17.6 Å². The molecule has 5 heteroatoms. The molecule has 0 bridgehead atoms. The van der Waals surface area contributed by atoms with Crippen LogP contribution in [-0.2, 0) is 10.8 Å². The van der Waals surface area contributed by atoms with Crippen molar-refractivity contribution in [2.24, 2.45) is 0 Å². The zero-order chi connectivity index (χ0) is 15.0. The molecule has 0 radical (unpaired) electrons. The fraction of sp³-hybridized carbons (Fsp3) is 0.533. The van der Waals surface area contributed by atoms with E-state index < -0.39 is 10.8 Å². The number of hydrogen-bond acceptors (Lipinski definition) is 3. The summed E-state index contributed by atoms with van der Waals surface area (Å²) < 4.78 is 11.3. The fourth-order valence-electron chi connectivity index (χ4n) is 1.75. The molecule has 2 N–H and O–H groups in total. The summed E-state index contributed by atoms with van der Waals surface area (Å²) >= 11 is 0. The first-order valence-corrected chi connectivity index (χ1v) is 8.61. The highest BCUT2D eigenvalue weighted by molar-refractivity contribution is 7.84. The Morgan fingerprint density at radius 1 is 1.30 bits per heavy atom. The van der Waals surface area contributed by atoms with E-state index in [1.54, 1.807) is 6.26 Å². The summed E-state index contributed by atoms with van der Waals surface area (Å²) in [5.74, 6) is -0.0849. The van der Waals surface area contributed by atoms with Crippen molar-refractivity contribution < 1.29 is 9.00 Å². The highest BCUT2D eigenvalue weighted by Gasteiger charge is 2.11. The van der Waals surface area contributed by atoms with E-state index in [9.17, 15) is 9.00 Å². The maximum Gasteiger partial charge on any atom is 0.253 e. The molecule has 0 aliphatic rings. The van der Waals surface area contributed by atoms with Gasteiger partial charge < -0.3 is 10.6 Å². The molecule has 2 atom stereocenters. The first-order valence-electron chi connectivity index (χ1n) is 6.99. The Hall–Kier alpha value is -1.36. The smallest absolute Gasteiger partial charge is 0.253 e. The van der Waals surface area contributed by atoms with Crippen LogP contribution in [0.5, 0.6) is 0 Å². The van der Waals surface area contributed by atoms with Gasteiger partial charge in [0.1, 0.15) is 0 Å². The number of rotatable bonds is 8. The summed E-state index contributed by atoms with van der Waals surface area (Å²) in [6.45, 7) is 5.40. The monoisotopic (exact) mass is 296 g/mol. The Balaban J connectivity index is 2.56. The minimum Gasteiger partial charge on any atom is -0.384 e. The molecule has 2 unspecified atom stereocenters. The molecular weight excluding hydrogens is 272 g/mol. The van der Waals surface area contributed by atoms with Crippen LogP contribution in [-0.4, -0.2) is 34.7 Å². The van der Waals surface area contributed by atoms with E-state index in [1.165, 1.54) is 0 Å². The number of benzene rings is 1. The van der Waals surface area contributed by atoms with E-state index in [-0.39, 0.29) is 11.2 Å². The normalized spacial score (nSPS) is 13.6. The van der Waals surface area contributed by atoms with Crippen molar-refractivity contribution in [3.05, 3.63) is 29.8 Å². The van der Waals surface area contributed by atoms with Gasteiger partial charge in [-0.25, -0.2) is 0 Å². The predicted octanol–water partition coefficient (Wildman–Crippen LogP) is 2.40. The predicted molar refractivity (Wildman–Crippen MR) is 85.7 cm³/mol. The van der Waals surface area contributed by atoms with Crippen LogP contribution in [0.3, 0.4) is 0 Å². The summed E-state index contributed by atoms with van der Waals surface area (Å²) in [7, 11) is -0.842. The molecule has 4 nitrogen and oxygen atoms in total. The lowest BCUT2D eigenvalue weighted by Crippen LogP contribution is -2.28. The quantitative estimate of drug-likeness (QED) is 0.774. The molecule has 112 valence electrons. The topological polar surface area (TPSA) is 58.2 Å². The molecule has 0 aliphatic carbocycles. The van der Waals surface area contributed by atoms with Crippen LogP contribution in [0, 0.1) is 0 Å². The molecular formula is C15H24N2O2S. The van der Waals surface area contributed by atoms with Crippen LogP contribution < -0.4 is 10.6 Å². The van der Waals surface area contributed by atoms with Gasteiger partial charge in [0.05, 0.1) is 5.56 Å². The molecule has 1 aromatic carbocycles. The standard InChI is InChI=1S/C15H24N2O2S/c1-4-10-16-14-8-6-5-7-13(14)15(18)17-11-9-12(2)20(3)19/h5-8,12,16H,4,9-11H2,1-3H3,(H,17,18). The summed E-state index contributed by atoms with van der Waals surface area (Å²) in [6.07, 6.45) is 3.42. The van der Waals surface area contributed by atoms with Gasteiger partial charge in [-0.15, -0.1) is 0 Å². The van der Waals surface area contributed by atoms with Crippen LogP contribution in [0.25, 0.3) is 0 Å². The number of amides is 1. The summed E-state index contributed by atoms with van der Waals surface area (Å²) in [5, 5.41) is 6.24. The first-order chi connectivity index (χ1) is 9.56. The van der Waals surface area contributed by atoms with Gasteiger partial charge in [-0.2, -0.15) is 0 Å². The van der Waals surface area contributed by atoms with E-state index >= 15 is 0 Å². The van der Waals surface area contributed by atoms with E-state index in [0.717, 1.165) is 25.1 Å². The third kappa shape index (κ3) is 5.33. The van der Waals surface area contributed by atoms with Crippen LogP contribution in [0.2, 0.25) is 0 Å².